The summed E-state index contributed by atoms with van der Waals surface area (Å²) >= 11 is 2.98. The first kappa shape index (κ1) is 14.0. The summed E-state index contributed by atoms with van der Waals surface area (Å²) in [5.74, 6) is 3.11. The Bertz CT molecular complexity index is 581. The van der Waals surface area contributed by atoms with Crippen LogP contribution in [0.2, 0.25) is 0 Å². The van der Waals surface area contributed by atoms with Gasteiger partial charge in [-0.3, -0.25) is 5.84 Å². The average molecular weight is 331 g/mol. The molecule has 2 rings (SSSR count). The van der Waals surface area contributed by atoms with Crippen molar-refractivity contribution in [3.8, 4) is 0 Å². The van der Waals surface area contributed by atoms with Crippen LogP contribution in [-0.4, -0.2) is 0 Å². The van der Waals surface area contributed by atoms with E-state index in [4.69, 9.17) is 5.84 Å². The monoisotopic (exact) mass is 330 g/mol. The van der Waals surface area contributed by atoms with Crippen LogP contribution in [0.15, 0.2) is 40.9 Å². The third-order valence-corrected chi connectivity index (χ3v) is 3.17. The summed E-state index contributed by atoms with van der Waals surface area (Å²) < 4.78 is 41.7. The van der Waals surface area contributed by atoms with Crippen molar-refractivity contribution in [2.45, 2.75) is 6.04 Å². The molecule has 0 spiro atoms. The fourth-order valence-corrected chi connectivity index (χ4v) is 2.27. The first-order chi connectivity index (χ1) is 9.04. The van der Waals surface area contributed by atoms with Gasteiger partial charge in [0, 0.05) is 15.6 Å². The number of nitrogens with two attached hydrogens (primary N) is 1. The Morgan fingerprint density at radius 1 is 1.00 bits per heavy atom. The fraction of sp³-hybridized carbons (Fsp3) is 0.0769. The molecule has 0 aliphatic heterocycles. The molecule has 2 aromatic rings. The van der Waals surface area contributed by atoms with E-state index >= 15 is 0 Å². The molecule has 0 radical (unpaired) electrons. The lowest BCUT2D eigenvalue weighted by molar-refractivity contribution is 0.494. The Kier molecular flexibility index (Phi) is 4.24. The number of nitrogens with one attached hydrogen (secondary N) is 1. The molecular formula is C13H10BrF3N2. The van der Waals surface area contributed by atoms with Gasteiger partial charge in [-0.2, -0.15) is 0 Å². The van der Waals surface area contributed by atoms with Gasteiger partial charge < -0.3 is 0 Å². The SMILES string of the molecule is NNC(c1ccccc1F)c1c(F)cc(Br)cc1F. The molecule has 0 fully saturated rings. The molecule has 0 heterocycles. The number of benzene rings is 2. The van der Waals surface area contributed by atoms with Crippen molar-refractivity contribution >= 4 is 15.9 Å². The van der Waals surface area contributed by atoms with Crippen LogP contribution < -0.4 is 11.3 Å². The number of halogens is 4. The van der Waals surface area contributed by atoms with Gasteiger partial charge in [-0.25, -0.2) is 18.6 Å². The maximum absolute atomic E-state index is 13.9. The smallest absolute Gasteiger partial charge is 0.132 e. The Hall–Kier alpha value is -1.37. The van der Waals surface area contributed by atoms with Crippen LogP contribution in [0, 0.1) is 17.5 Å². The molecule has 0 saturated carbocycles. The van der Waals surface area contributed by atoms with Crippen molar-refractivity contribution in [1.82, 2.24) is 5.43 Å². The summed E-state index contributed by atoms with van der Waals surface area (Å²) in [5.41, 5.74) is 1.99. The van der Waals surface area contributed by atoms with E-state index < -0.39 is 23.5 Å². The van der Waals surface area contributed by atoms with Gasteiger partial charge >= 0.3 is 0 Å². The zero-order chi connectivity index (χ0) is 14.0. The van der Waals surface area contributed by atoms with Crippen molar-refractivity contribution in [1.29, 1.82) is 0 Å². The lowest BCUT2D eigenvalue weighted by Gasteiger charge is -2.19. The second kappa shape index (κ2) is 5.73. The molecule has 100 valence electrons. The number of rotatable bonds is 3. The van der Waals surface area contributed by atoms with E-state index in [1.54, 1.807) is 6.07 Å². The molecule has 1 unspecified atom stereocenters. The zero-order valence-electron chi connectivity index (χ0n) is 9.63. The lowest BCUT2D eigenvalue weighted by atomic mass is 9.98. The largest absolute Gasteiger partial charge is 0.271 e. The number of hydrogen-bond acceptors (Lipinski definition) is 2. The highest BCUT2D eigenvalue weighted by atomic mass is 79.9. The molecule has 2 aromatic carbocycles. The summed E-state index contributed by atoms with van der Waals surface area (Å²) in [6.07, 6.45) is 0. The minimum absolute atomic E-state index is 0.0742. The van der Waals surface area contributed by atoms with Gasteiger partial charge in [0.25, 0.3) is 0 Å². The van der Waals surface area contributed by atoms with Gasteiger partial charge in [-0.05, 0) is 18.2 Å². The summed E-state index contributed by atoms with van der Waals surface area (Å²) in [4.78, 5) is 0. The minimum Gasteiger partial charge on any atom is -0.271 e. The Morgan fingerprint density at radius 2 is 1.58 bits per heavy atom. The highest BCUT2D eigenvalue weighted by Gasteiger charge is 2.23. The van der Waals surface area contributed by atoms with Crippen LogP contribution in [-0.2, 0) is 0 Å². The van der Waals surface area contributed by atoms with Crippen LogP contribution in [0.3, 0.4) is 0 Å². The van der Waals surface area contributed by atoms with Gasteiger partial charge in [-0.15, -0.1) is 0 Å². The molecule has 1 atom stereocenters. The normalized spacial score (nSPS) is 12.5. The molecule has 0 amide bonds. The van der Waals surface area contributed by atoms with Crippen LogP contribution in [0.4, 0.5) is 13.2 Å². The Balaban J connectivity index is 2.58. The molecule has 6 heteroatoms. The molecule has 2 nitrogen and oxygen atoms in total. The summed E-state index contributed by atoms with van der Waals surface area (Å²) in [5, 5.41) is 0. The standard InChI is InChI=1S/C13H10BrF3N2/c14-7-5-10(16)12(11(17)6-7)13(19-18)8-3-1-2-4-9(8)15/h1-6,13,19H,18H2. The average Bonchev–Trinajstić information content (AvgIpc) is 2.34. The third-order valence-electron chi connectivity index (χ3n) is 2.72. The number of hydrogen-bond donors (Lipinski definition) is 2. The third kappa shape index (κ3) is 2.80. The summed E-state index contributed by atoms with van der Waals surface area (Å²) in [6.45, 7) is 0. The van der Waals surface area contributed by atoms with Crippen molar-refractivity contribution in [3.05, 3.63) is 69.4 Å². The molecule has 3 N–H and O–H groups in total. The quantitative estimate of drug-likeness (QED) is 0.668. The second-order valence-corrected chi connectivity index (χ2v) is 4.82. The number of hydrazine groups is 1. The Morgan fingerprint density at radius 3 is 2.11 bits per heavy atom. The molecule has 0 aliphatic rings. The highest BCUT2D eigenvalue weighted by Crippen LogP contribution is 2.30. The highest BCUT2D eigenvalue weighted by molar-refractivity contribution is 9.10. The van der Waals surface area contributed by atoms with E-state index in [1.807, 2.05) is 0 Å². The van der Waals surface area contributed by atoms with E-state index in [9.17, 15) is 13.2 Å². The molecule has 0 aliphatic carbocycles. The fourth-order valence-electron chi connectivity index (χ4n) is 1.87. The summed E-state index contributed by atoms with van der Waals surface area (Å²) in [7, 11) is 0. The summed E-state index contributed by atoms with van der Waals surface area (Å²) in [6, 6.07) is 6.77. The molecule has 0 bridgehead atoms. The van der Waals surface area contributed by atoms with E-state index in [1.165, 1.54) is 18.2 Å². The zero-order valence-corrected chi connectivity index (χ0v) is 11.2. The topological polar surface area (TPSA) is 38.0 Å². The lowest BCUT2D eigenvalue weighted by Crippen LogP contribution is -2.31. The van der Waals surface area contributed by atoms with Crippen molar-refractivity contribution < 1.29 is 13.2 Å². The van der Waals surface area contributed by atoms with Gasteiger partial charge in [0.2, 0.25) is 0 Å². The molecular weight excluding hydrogens is 321 g/mol. The van der Waals surface area contributed by atoms with Crippen LogP contribution >= 0.6 is 15.9 Å². The maximum atomic E-state index is 13.9. The van der Waals surface area contributed by atoms with Crippen molar-refractivity contribution in [3.63, 3.8) is 0 Å². The maximum Gasteiger partial charge on any atom is 0.132 e. The molecule has 0 aromatic heterocycles. The van der Waals surface area contributed by atoms with Gasteiger partial charge in [0.05, 0.1) is 6.04 Å². The Labute approximate surface area is 116 Å². The van der Waals surface area contributed by atoms with E-state index in [0.717, 1.165) is 12.1 Å². The van der Waals surface area contributed by atoms with Gasteiger partial charge in [0.1, 0.15) is 17.5 Å². The predicted molar refractivity (Wildman–Crippen MR) is 69.6 cm³/mol. The minimum atomic E-state index is -1.10. The van der Waals surface area contributed by atoms with Gasteiger partial charge in [0.15, 0.2) is 0 Å². The first-order valence-electron chi connectivity index (χ1n) is 5.39. The first-order valence-corrected chi connectivity index (χ1v) is 6.19. The van der Waals surface area contributed by atoms with Crippen LogP contribution in [0.1, 0.15) is 17.2 Å². The van der Waals surface area contributed by atoms with Gasteiger partial charge in [-0.1, -0.05) is 34.1 Å². The van der Waals surface area contributed by atoms with Crippen molar-refractivity contribution in [2.75, 3.05) is 0 Å². The second-order valence-electron chi connectivity index (χ2n) is 3.90. The van der Waals surface area contributed by atoms with E-state index in [2.05, 4.69) is 21.4 Å². The van der Waals surface area contributed by atoms with Crippen molar-refractivity contribution in [2.24, 2.45) is 5.84 Å². The van der Waals surface area contributed by atoms with E-state index in [0.29, 0.717) is 0 Å². The van der Waals surface area contributed by atoms with E-state index in [-0.39, 0.29) is 15.6 Å². The molecule has 0 saturated heterocycles. The van der Waals surface area contributed by atoms with Crippen LogP contribution in [0.25, 0.3) is 0 Å². The predicted octanol–water partition coefficient (Wildman–Crippen LogP) is 3.42. The molecule has 19 heavy (non-hydrogen) atoms. The van der Waals surface area contributed by atoms with Crippen LogP contribution in [0.5, 0.6) is 0 Å².